The molecule has 26 heavy (non-hydrogen) atoms. The first-order chi connectivity index (χ1) is 12.4. The van der Waals surface area contributed by atoms with Crippen LogP contribution in [0, 0.1) is 5.82 Å². The first kappa shape index (κ1) is 18.4. The maximum absolute atomic E-state index is 12.9. The van der Waals surface area contributed by atoms with Crippen LogP contribution in [0.4, 0.5) is 9.18 Å². The van der Waals surface area contributed by atoms with Crippen LogP contribution >= 0.6 is 0 Å². The number of carbonyl (C=O) groups excluding carboxylic acids is 3. The first-order valence-electron chi connectivity index (χ1n) is 9.10. The molecule has 1 aromatic rings. The highest BCUT2D eigenvalue weighted by Gasteiger charge is 2.51. The van der Waals surface area contributed by atoms with Crippen LogP contribution in [0.3, 0.4) is 0 Å². The minimum absolute atomic E-state index is 0.153. The zero-order valence-corrected chi connectivity index (χ0v) is 14.9. The molecule has 1 aliphatic heterocycles. The van der Waals surface area contributed by atoms with Crippen molar-refractivity contribution in [3.63, 3.8) is 0 Å². The molecule has 1 saturated carbocycles. The number of imide groups is 1. The van der Waals surface area contributed by atoms with Crippen LogP contribution in [-0.4, -0.2) is 34.8 Å². The van der Waals surface area contributed by atoms with E-state index in [1.807, 2.05) is 6.92 Å². The summed E-state index contributed by atoms with van der Waals surface area (Å²) in [6.07, 6.45) is 3.92. The summed E-state index contributed by atoms with van der Waals surface area (Å²) >= 11 is 0. The van der Waals surface area contributed by atoms with Crippen molar-refractivity contribution in [2.75, 3.05) is 6.54 Å². The lowest BCUT2D eigenvalue weighted by Gasteiger charge is -2.20. The Hall–Kier alpha value is -2.44. The standard InChI is InChI=1S/C19H24FN3O3/c1-13(14-6-8-15(20)9-7-14)21-16(24)5-4-12-23-17(25)19(22-18(23)26)10-2-3-11-19/h6-9,13H,2-5,10-12H2,1H3,(H,21,24)(H,22,26)/t13-/m1/s1. The van der Waals surface area contributed by atoms with Gasteiger partial charge < -0.3 is 10.6 Å². The van der Waals surface area contributed by atoms with Crippen LogP contribution in [0.1, 0.15) is 57.1 Å². The number of hydrogen-bond donors (Lipinski definition) is 2. The van der Waals surface area contributed by atoms with E-state index in [0.29, 0.717) is 19.3 Å². The first-order valence-corrected chi connectivity index (χ1v) is 9.10. The molecule has 2 aliphatic rings. The van der Waals surface area contributed by atoms with Gasteiger partial charge >= 0.3 is 6.03 Å². The third-order valence-corrected chi connectivity index (χ3v) is 5.24. The van der Waals surface area contributed by atoms with Gasteiger partial charge in [-0.1, -0.05) is 25.0 Å². The van der Waals surface area contributed by atoms with E-state index in [1.165, 1.54) is 17.0 Å². The summed E-state index contributed by atoms with van der Waals surface area (Å²) in [5.74, 6) is -0.634. The zero-order valence-electron chi connectivity index (χ0n) is 14.9. The lowest BCUT2D eigenvalue weighted by molar-refractivity contribution is -0.131. The summed E-state index contributed by atoms with van der Waals surface area (Å²) in [4.78, 5) is 37.9. The number of urea groups is 1. The van der Waals surface area contributed by atoms with Crippen molar-refractivity contribution in [2.24, 2.45) is 0 Å². The molecule has 2 fully saturated rings. The average molecular weight is 361 g/mol. The van der Waals surface area contributed by atoms with Gasteiger partial charge in [-0.3, -0.25) is 14.5 Å². The molecule has 1 atom stereocenters. The Morgan fingerprint density at radius 1 is 1.27 bits per heavy atom. The van der Waals surface area contributed by atoms with Crippen molar-refractivity contribution >= 4 is 17.8 Å². The molecule has 1 spiro atoms. The maximum Gasteiger partial charge on any atom is 0.325 e. The van der Waals surface area contributed by atoms with Crippen molar-refractivity contribution in [1.82, 2.24) is 15.5 Å². The molecular weight excluding hydrogens is 337 g/mol. The van der Waals surface area contributed by atoms with Gasteiger partial charge in [0, 0.05) is 13.0 Å². The molecule has 0 radical (unpaired) electrons. The Kier molecular flexibility index (Phi) is 5.25. The van der Waals surface area contributed by atoms with E-state index >= 15 is 0 Å². The third-order valence-electron chi connectivity index (χ3n) is 5.24. The van der Waals surface area contributed by atoms with Gasteiger partial charge in [-0.2, -0.15) is 0 Å². The van der Waals surface area contributed by atoms with E-state index in [4.69, 9.17) is 0 Å². The van der Waals surface area contributed by atoms with Crippen LogP contribution < -0.4 is 10.6 Å². The number of hydrogen-bond acceptors (Lipinski definition) is 3. The molecule has 7 heteroatoms. The molecule has 1 saturated heterocycles. The van der Waals surface area contributed by atoms with Gasteiger partial charge in [-0.25, -0.2) is 9.18 Å². The fourth-order valence-electron chi connectivity index (χ4n) is 3.74. The van der Waals surface area contributed by atoms with Gasteiger partial charge in [0.2, 0.25) is 5.91 Å². The topological polar surface area (TPSA) is 78.5 Å². The molecular formula is C19H24FN3O3. The summed E-state index contributed by atoms with van der Waals surface area (Å²) in [5.41, 5.74) is 0.119. The Balaban J connectivity index is 1.45. The normalized spacial score (nSPS) is 19.7. The second-order valence-corrected chi connectivity index (χ2v) is 7.12. The lowest BCUT2D eigenvalue weighted by atomic mass is 9.98. The predicted molar refractivity (Wildman–Crippen MR) is 93.6 cm³/mol. The second-order valence-electron chi connectivity index (χ2n) is 7.12. The van der Waals surface area contributed by atoms with Gasteiger partial charge in [0.1, 0.15) is 11.4 Å². The van der Waals surface area contributed by atoms with Gasteiger partial charge in [0.25, 0.3) is 5.91 Å². The van der Waals surface area contributed by atoms with Crippen LogP contribution in [0.15, 0.2) is 24.3 Å². The SMILES string of the molecule is C[C@@H](NC(=O)CCCN1C(=O)NC2(CCCC2)C1=O)c1ccc(F)cc1. The minimum atomic E-state index is -0.698. The third kappa shape index (κ3) is 3.71. The quantitative estimate of drug-likeness (QED) is 0.765. The van der Waals surface area contributed by atoms with E-state index in [0.717, 1.165) is 18.4 Å². The lowest BCUT2D eigenvalue weighted by Crippen LogP contribution is -2.44. The molecule has 2 N–H and O–H groups in total. The number of benzene rings is 1. The highest BCUT2D eigenvalue weighted by molar-refractivity contribution is 6.07. The predicted octanol–water partition coefficient (Wildman–Crippen LogP) is 2.65. The highest BCUT2D eigenvalue weighted by Crippen LogP contribution is 2.35. The smallest absolute Gasteiger partial charge is 0.325 e. The van der Waals surface area contributed by atoms with Gasteiger partial charge in [-0.05, 0) is 43.9 Å². The monoisotopic (exact) mass is 361 g/mol. The number of nitrogens with one attached hydrogen (secondary N) is 2. The molecule has 0 aromatic heterocycles. The maximum atomic E-state index is 12.9. The molecule has 3 rings (SSSR count). The molecule has 0 unspecified atom stereocenters. The molecule has 140 valence electrons. The summed E-state index contributed by atoms with van der Waals surface area (Å²) in [7, 11) is 0. The van der Waals surface area contributed by atoms with Crippen molar-refractivity contribution in [1.29, 1.82) is 0 Å². The Morgan fingerprint density at radius 3 is 2.58 bits per heavy atom. The van der Waals surface area contributed by atoms with Crippen molar-refractivity contribution < 1.29 is 18.8 Å². The number of nitrogens with zero attached hydrogens (tertiary/aromatic N) is 1. The van der Waals surface area contributed by atoms with Crippen LogP contribution in [0.5, 0.6) is 0 Å². The van der Waals surface area contributed by atoms with E-state index in [9.17, 15) is 18.8 Å². The molecule has 1 heterocycles. The Bertz CT molecular complexity index is 698. The van der Waals surface area contributed by atoms with E-state index in [1.54, 1.807) is 12.1 Å². The van der Waals surface area contributed by atoms with Crippen LogP contribution in [-0.2, 0) is 9.59 Å². The molecule has 1 aromatic carbocycles. The second kappa shape index (κ2) is 7.43. The summed E-state index contributed by atoms with van der Waals surface area (Å²) in [6, 6.07) is 5.39. The fourth-order valence-corrected chi connectivity index (χ4v) is 3.74. The number of carbonyl (C=O) groups is 3. The highest BCUT2D eigenvalue weighted by atomic mass is 19.1. The van der Waals surface area contributed by atoms with Crippen molar-refractivity contribution in [3.8, 4) is 0 Å². The van der Waals surface area contributed by atoms with Gasteiger partial charge in [0.15, 0.2) is 0 Å². The molecule has 4 amide bonds. The largest absolute Gasteiger partial charge is 0.350 e. The fraction of sp³-hybridized carbons (Fsp3) is 0.526. The Labute approximate surface area is 152 Å². The average Bonchev–Trinajstić information content (AvgIpc) is 3.16. The van der Waals surface area contributed by atoms with Crippen molar-refractivity contribution in [3.05, 3.63) is 35.6 Å². The molecule has 0 bridgehead atoms. The van der Waals surface area contributed by atoms with Crippen LogP contribution in [0.2, 0.25) is 0 Å². The van der Waals surface area contributed by atoms with E-state index in [-0.39, 0.29) is 42.7 Å². The van der Waals surface area contributed by atoms with E-state index < -0.39 is 5.54 Å². The minimum Gasteiger partial charge on any atom is -0.350 e. The number of halogens is 1. The van der Waals surface area contributed by atoms with Gasteiger partial charge in [0.05, 0.1) is 6.04 Å². The van der Waals surface area contributed by atoms with Gasteiger partial charge in [-0.15, -0.1) is 0 Å². The molecule has 6 nitrogen and oxygen atoms in total. The number of rotatable bonds is 6. The van der Waals surface area contributed by atoms with Crippen molar-refractivity contribution in [2.45, 2.75) is 57.0 Å². The van der Waals surface area contributed by atoms with Crippen LogP contribution in [0.25, 0.3) is 0 Å². The summed E-state index contributed by atoms with van der Waals surface area (Å²) < 4.78 is 12.9. The summed E-state index contributed by atoms with van der Waals surface area (Å²) in [5, 5.41) is 5.68. The number of amides is 4. The summed E-state index contributed by atoms with van der Waals surface area (Å²) in [6.45, 7) is 2.07. The Morgan fingerprint density at radius 2 is 1.92 bits per heavy atom. The van der Waals surface area contributed by atoms with E-state index in [2.05, 4.69) is 10.6 Å². The zero-order chi connectivity index (χ0) is 18.7. The molecule has 1 aliphatic carbocycles.